The number of alkyl halides is 1. The lowest BCUT2D eigenvalue weighted by Gasteiger charge is -1.72. The van der Waals surface area contributed by atoms with Crippen molar-refractivity contribution in [1.82, 2.24) is 10.1 Å². The highest BCUT2D eigenvalue weighted by molar-refractivity contribution is 14.1. The Balaban J connectivity index is 2.76. The molecule has 3 nitrogen and oxygen atoms in total. The molecule has 0 saturated carbocycles. The highest BCUT2D eigenvalue weighted by atomic mass is 127. The Morgan fingerprint density at radius 3 is 3.00 bits per heavy atom. The molecule has 4 heteroatoms. The SMILES string of the molecule is ICc1ncno1. The minimum atomic E-state index is 0.681. The lowest BCUT2D eigenvalue weighted by atomic mass is 10.8. The summed E-state index contributed by atoms with van der Waals surface area (Å²) in [5.74, 6) is 0.681. The maximum absolute atomic E-state index is 4.61. The summed E-state index contributed by atoms with van der Waals surface area (Å²) in [5, 5.41) is 3.40. The van der Waals surface area contributed by atoms with Gasteiger partial charge in [-0.25, -0.2) is 0 Å². The summed E-state index contributed by atoms with van der Waals surface area (Å²) in [7, 11) is 0. The Morgan fingerprint density at radius 1 is 1.86 bits per heavy atom. The van der Waals surface area contributed by atoms with Crippen LogP contribution in [0.1, 0.15) is 5.89 Å². The van der Waals surface area contributed by atoms with E-state index in [1.807, 2.05) is 0 Å². The summed E-state index contributed by atoms with van der Waals surface area (Å²) in [6, 6.07) is 0. The molecule has 1 rings (SSSR count). The van der Waals surface area contributed by atoms with E-state index in [4.69, 9.17) is 0 Å². The third-order valence-corrected chi connectivity index (χ3v) is 1.17. The quantitative estimate of drug-likeness (QED) is 0.512. The van der Waals surface area contributed by atoms with Crippen LogP contribution in [0.15, 0.2) is 10.9 Å². The smallest absolute Gasteiger partial charge is 0.236 e. The van der Waals surface area contributed by atoms with Gasteiger partial charge in [0.25, 0.3) is 0 Å². The lowest BCUT2D eigenvalue weighted by molar-refractivity contribution is 0.391. The van der Waals surface area contributed by atoms with Gasteiger partial charge in [0.2, 0.25) is 5.89 Å². The number of hydrogen-bond acceptors (Lipinski definition) is 3. The van der Waals surface area contributed by atoms with Gasteiger partial charge >= 0.3 is 0 Å². The molecule has 0 unspecified atom stereocenters. The molecule has 1 aromatic rings. The van der Waals surface area contributed by atoms with E-state index in [2.05, 4.69) is 37.3 Å². The first-order valence-electron chi connectivity index (χ1n) is 1.75. The summed E-state index contributed by atoms with van der Waals surface area (Å²) < 4.78 is 5.40. The Hall–Kier alpha value is -0.130. The Kier molecular flexibility index (Phi) is 1.61. The Morgan fingerprint density at radius 2 is 2.71 bits per heavy atom. The van der Waals surface area contributed by atoms with E-state index < -0.39 is 0 Å². The summed E-state index contributed by atoms with van der Waals surface area (Å²) in [4.78, 5) is 3.75. The van der Waals surface area contributed by atoms with E-state index in [9.17, 15) is 0 Å². The van der Waals surface area contributed by atoms with Gasteiger partial charge in [0.05, 0.1) is 4.43 Å². The van der Waals surface area contributed by atoms with E-state index in [0.717, 1.165) is 4.43 Å². The molecule has 1 aromatic heterocycles. The third-order valence-electron chi connectivity index (χ3n) is 0.521. The van der Waals surface area contributed by atoms with Crippen LogP contribution >= 0.6 is 22.6 Å². The predicted octanol–water partition coefficient (Wildman–Crippen LogP) is 1.00. The van der Waals surface area contributed by atoms with Crippen molar-refractivity contribution in [2.24, 2.45) is 0 Å². The molecule has 0 spiro atoms. The van der Waals surface area contributed by atoms with Crippen molar-refractivity contribution >= 4 is 22.6 Å². The van der Waals surface area contributed by atoms with Crippen molar-refractivity contribution in [1.29, 1.82) is 0 Å². The maximum Gasteiger partial charge on any atom is 0.236 e. The largest absolute Gasteiger partial charge is 0.339 e. The van der Waals surface area contributed by atoms with Gasteiger partial charge in [-0.2, -0.15) is 4.98 Å². The molecule has 0 radical (unpaired) electrons. The van der Waals surface area contributed by atoms with Crippen molar-refractivity contribution in [3.05, 3.63) is 12.2 Å². The van der Waals surface area contributed by atoms with Crippen molar-refractivity contribution < 1.29 is 4.52 Å². The molecular weight excluding hydrogens is 207 g/mol. The van der Waals surface area contributed by atoms with Crippen LogP contribution in [0.2, 0.25) is 0 Å². The number of nitrogens with zero attached hydrogens (tertiary/aromatic N) is 2. The average molecular weight is 210 g/mol. The van der Waals surface area contributed by atoms with Crippen LogP contribution in [0, 0.1) is 0 Å². The molecule has 0 amide bonds. The molecule has 0 atom stereocenters. The van der Waals surface area contributed by atoms with Crippen LogP contribution in [0.5, 0.6) is 0 Å². The third kappa shape index (κ3) is 1.12. The van der Waals surface area contributed by atoms with Crippen molar-refractivity contribution in [3.8, 4) is 0 Å². The zero-order chi connectivity index (χ0) is 5.11. The minimum absolute atomic E-state index is 0.681. The van der Waals surface area contributed by atoms with Crippen LogP contribution < -0.4 is 0 Å². The highest BCUT2D eigenvalue weighted by Crippen LogP contribution is 1.97. The zero-order valence-corrected chi connectivity index (χ0v) is 5.62. The van der Waals surface area contributed by atoms with Crippen LogP contribution in [0.4, 0.5) is 0 Å². The molecule has 0 saturated heterocycles. The fraction of sp³-hybridized carbons (Fsp3) is 0.333. The first-order valence-corrected chi connectivity index (χ1v) is 3.27. The van der Waals surface area contributed by atoms with Gasteiger partial charge < -0.3 is 4.52 Å². The molecule has 38 valence electrons. The molecule has 7 heavy (non-hydrogen) atoms. The van der Waals surface area contributed by atoms with Crippen LogP contribution in [0.25, 0.3) is 0 Å². The molecule has 0 aliphatic rings. The Bertz CT molecular complexity index is 127. The van der Waals surface area contributed by atoms with Crippen molar-refractivity contribution in [3.63, 3.8) is 0 Å². The molecule has 0 N–H and O–H groups in total. The first-order chi connectivity index (χ1) is 3.43. The fourth-order valence-electron chi connectivity index (χ4n) is 0.255. The van der Waals surface area contributed by atoms with Crippen LogP contribution in [-0.2, 0) is 4.43 Å². The molecule has 0 aliphatic carbocycles. The fourth-order valence-corrected chi connectivity index (χ4v) is 0.591. The molecular formula is C3H3IN2O. The van der Waals surface area contributed by atoms with E-state index in [0.29, 0.717) is 5.89 Å². The van der Waals surface area contributed by atoms with Gasteiger partial charge in [0.15, 0.2) is 6.33 Å². The normalized spacial score (nSPS) is 9.29. The first kappa shape index (κ1) is 5.02. The number of halogens is 1. The standard InChI is InChI=1S/C3H3IN2O/c4-1-3-5-2-6-7-3/h2H,1H2. The van der Waals surface area contributed by atoms with Crippen molar-refractivity contribution in [2.45, 2.75) is 4.43 Å². The molecule has 0 aliphatic heterocycles. The minimum Gasteiger partial charge on any atom is -0.339 e. The summed E-state index contributed by atoms with van der Waals surface area (Å²) >= 11 is 2.15. The number of rotatable bonds is 1. The van der Waals surface area contributed by atoms with E-state index in [1.54, 1.807) is 0 Å². The van der Waals surface area contributed by atoms with Gasteiger partial charge in [-0.1, -0.05) is 27.7 Å². The second-order valence-electron chi connectivity index (χ2n) is 0.969. The zero-order valence-electron chi connectivity index (χ0n) is 3.47. The average Bonchev–Trinajstić information content (AvgIpc) is 2.14. The molecule has 0 fully saturated rings. The number of hydrogen-bond donors (Lipinski definition) is 0. The predicted molar refractivity (Wildman–Crippen MR) is 32.0 cm³/mol. The lowest BCUT2D eigenvalue weighted by Crippen LogP contribution is -1.69. The van der Waals surface area contributed by atoms with E-state index >= 15 is 0 Å². The number of aromatic nitrogens is 2. The van der Waals surface area contributed by atoms with Gasteiger partial charge in [0, 0.05) is 0 Å². The maximum atomic E-state index is 4.61. The van der Waals surface area contributed by atoms with Crippen molar-refractivity contribution in [2.75, 3.05) is 0 Å². The van der Waals surface area contributed by atoms with Crippen LogP contribution in [0.3, 0.4) is 0 Å². The van der Waals surface area contributed by atoms with E-state index in [1.165, 1.54) is 6.33 Å². The monoisotopic (exact) mass is 210 g/mol. The highest BCUT2D eigenvalue weighted by Gasteiger charge is 1.89. The molecule has 0 bridgehead atoms. The summed E-state index contributed by atoms with van der Waals surface area (Å²) in [6.45, 7) is 0. The summed E-state index contributed by atoms with van der Waals surface area (Å²) in [5.41, 5.74) is 0. The topological polar surface area (TPSA) is 38.9 Å². The van der Waals surface area contributed by atoms with Gasteiger partial charge in [-0.05, 0) is 0 Å². The van der Waals surface area contributed by atoms with E-state index in [-0.39, 0.29) is 0 Å². The molecule has 1 heterocycles. The second-order valence-corrected chi connectivity index (χ2v) is 1.73. The Labute approximate surface area is 54.2 Å². The van der Waals surface area contributed by atoms with Gasteiger partial charge in [-0.3, -0.25) is 0 Å². The van der Waals surface area contributed by atoms with Gasteiger partial charge in [0.1, 0.15) is 0 Å². The summed E-state index contributed by atoms with van der Waals surface area (Å²) in [6.07, 6.45) is 1.40. The van der Waals surface area contributed by atoms with Gasteiger partial charge in [-0.15, -0.1) is 0 Å². The second kappa shape index (κ2) is 2.25. The molecule has 0 aromatic carbocycles. The van der Waals surface area contributed by atoms with Crippen LogP contribution in [-0.4, -0.2) is 10.1 Å².